The van der Waals surface area contributed by atoms with Gasteiger partial charge in [0.2, 0.25) is 9.84 Å². The van der Waals surface area contributed by atoms with Crippen LogP contribution >= 0.6 is 0 Å². The number of nitrogens with one attached hydrogen (secondary N) is 1. The minimum Gasteiger partial charge on any atom is -0.262 e. The van der Waals surface area contributed by atoms with Gasteiger partial charge in [0.1, 0.15) is 5.82 Å². The molecular weight excluding hydrogens is 202 g/mol. The normalized spacial score (nSPS) is 18.9. The van der Waals surface area contributed by atoms with E-state index in [0.29, 0.717) is 5.92 Å². The Balaban J connectivity index is 2.25. The molecule has 1 aromatic rings. The van der Waals surface area contributed by atoms with Crippen molar-refractivity contribution in [2.45, 2.75) is 36.8 Å². The van der Waals surface area contributed by atoms with Crippen molar-refractivity contribution in [3.05, 3.63) is 5.82 Å². The molecule has 1 aliphatic carbocycles. The lowest BCUT2D eigenvalue weighted by Gasteiger charge is -2.01. The predicted molar refractivity (Wildman–Crippen MR) is 50.7 cm³/mol. The number of rotatable bonds is 2. The van der Waals surface area contributed by atoms with Gasteiger partial charge in [-0.1, -0.05) is 12.8 Å². The number of H-pyrrole nitrogens is 1. The van der Waals surface area contributed by atoms with Crippen molar-refractivity contribution < 1.29 is 8.42 Å². The van der Waals surface area contributed by atoms with Gasteiger partial charge in [-0.15, -0.1) is 5.10 Å². The van der Waals surface area contributed by atoms with Crippen LogP contribution in [0.5, 0.6) is 0 Å². The fraction of sp³-hybridized carbons (Fsp3) is 0.750. The molecule has 0 spiro atoms. The zero-order valence-electron chi connectivity index (χ0n) is 8.02. The molecule has 1 aliphatic rings. The monoisotopic (exact) mass is 215 g/mol. The largest absolute Gasteiger partial charge is 0.266 e. The summed E-state index contributed by atoms with van der Waals surface area (Å²) in [7, 11) is -3.27. The van der Waals surface area contributed by atoms with Crippen molar-refractivity contribution in [1.29, 1.82) is 0 Å². The molecule has 0 unspecified atom stereocenters. The summed E-state index contributed by atoms with van der Waals surface area (Å²) in [5, 5.41) is 6.34. The molecule has 0 atom stereocenters. The lowest BCUT2D eigenvalue weighted by molar-refractivity contribution is 0.593. The molecule has 0 aliphatic heterocycles. The van der Waals surface area contributed by atoms with E-state index in [-0.39, 0.29) is 5.16 Å². The van der Waals surface area contributed by atoms with E-state index < -0.39 is 9.84 Å². The van der Waals surface area contributed by atoms with Crippen LogP contribution in [0.25, 0.3) is 0 Å². The van der Waals surface area contributed by atoms with Gasteiger partial charge in [-0.2, -0.15) is 0 Å². The number of aromatic amines is 1. The first-order chi connectivity index (χ1) is 6.57. The molecule has 0 saturated heterocycles. The molecule has 14 heavy (non-hydrogen) atoms. The summed E-state index contributed by atoms with van der Waals surface area (Å²) in [5.74, 6) is 1.10. The van der Waals surface area contributed by atoms with Gasteiger partial charge in [-0.25, -0.2) is 13.4 Å². The number of sulfone groups is 1. The van der Waals surface area contributed by atoms with E-state index in [2.05, 4.69) is 15.2 Å². The SMILES string of the molecule is CS(=O)(=O)c1n[nH]c(C2CCCC2)n1. The van der Waals surface area contributed by atoms with E-state index in [1.165, 1.54) is 12.8 Å². The lowest BCUT2D eigenvalue weighted by Crippen LogP contribution is -2.00. The van der Waals surface area contributed by atoms with E-state index in [4.69, 9.17) is 0 Å². The molecule has 5 nitrogen and oxygen atoms in total. The van der Waals surface area contributed by atoms with Crippen molar-refractivity contribution in [3.8, 4) is 0 Å². The van der Waals surface area contributed by atoms with E-state index in [1.54, 1.807) is 0 Å². The van der Waals surface area contributed by atoms with Crippen molar-refractivity contribution >= 4 is 9.84 Å². The summed E-state index contributed by atoms with van der Waals surface area (Å²) in [5.41, 5.74) is 0. The minimum absolute atomic E-state index is 0.0839. The van der Waals surface area contributed by atoms with Crippen LogP contribution in [0.15, 0.2) is 5.16 Å². The fourth-order valence-corrected chi connectivity index (χ4v) is 2.28. The first kappa shape index (κ1) is 9.64. The van der Waals surface area contributed by atoms with Gasteiger partial charge in [0.15, 0.2) is 0 Å². The van der Waals surface area contributed by atoms with Gasteiger partial charge in [0.05, 0.1) is 0 Å². The van der Waals surface area contributed by atoms with Crippen molar-refractivity contribution in [2.24, 2.45) is 0 Å². The quantitative estimate of drug-likeness (QED) is 0.794. The first-order valence-corrected chi connectivity index (χ1v) is 6.59. The molecular formula is C8H13N3O2S. The summed E-state index contributed by atoms with van der Waals surface area (Å²) in [4.78, 5) is 4.01. The third kappa shape index (κ3) is 1.79. The third-order valence-corrected chi connectivity index (χ3v) is 3.40. The van der Waals surface area contributed by atoms with Gasteiger partial charge in [-0.3, -0.25) is 5.10 Å². The van der Waals surface area contributed by atoms with Crippen LogP contribution in [-0.4, -0.2) is 29.9 Å². The standard InChI is InChI=1S/C8H13N3O2S/c1-14(12,13)8-9-7(10-11-8)6-4-2-3-5-6/h6H,2-5H2,1H3,(H,9,10,11). The Hall–Kier alpha value is -0.910. The molecule has 6 heteroatoms. The maximum atomic E-state index is 11.1. The van der Waals surface area contributed by atoms with Crippen LogP contribution < -0.4 is 0 Å². The summed E-state index contributed by atoms with van der Waals surface area (Å²) >= 11 is 0. The maximum absolute atomic E-state index is 11.1. The number of aromatic nitrogens is 3. The van der Waals surface area contributed by atoms with Crippen LogP contribution in [0.3, 0.4) is 0 Å². The van der Waals surface area contributed by atoms with Gasteiger partial charge in [0.25, 0.3) is 5.16 Å². The van der Waals surface area contributed by atoms with Crippen LogP contribution in [0.4, 0.5) is 0 Å². The summed E-state index contributed by atoms with van der Waals surface area (Å²) in [6.07, 6.45) is 5.67. The Morgan fingerprint density at radius 1 is 1.36 bits per heavy atom. The highest BCUT2D eigenvalue weighted by molar-refractivity contribution is 7.90. The van der Waals surface area contributed by atoms with E-state index in [9.17, 15) is 8.42 Å². The highest BCUT2D eigenvalue weighted by atomic mass is 32.2. The molecule has 0 aromatic carbocycles. The maximum Gasteiger partial charge on any atom is 0.266 e. The highest BCUT2D eigenvalue weighted by Gasteiger charge is 2.22. The van der Waals surface area contributed by atoms with Gasteiger partial charge in [-0.05, 0) is 12.8 Å². The Labute approximate surface area is 82.9 Å². The second-order valence-electron chi connectivity index (χ2n) is 3.76. The molecule has 0 bridgehead atoms. The van der Waals surface area contributed by atoms with Crippen molar-refractivity contribution in [2.75, 3.05) is 6.26 Å². The average Bonchev–Trinajstić information content (AvgIpc) is 2.73. The Bertz CT molecular complexity index is 418. The van der Waals surface area contributed by atoms with Crippen LogP contribution in [0.2, 0.25) is 0 Å². The van der Waals surface area contributed by atoms with Crippen molar-refractivity contribution in [3.63, 3.8) is 0 Å². The first-order valence-electron chi connectivity index (χ1n) is 4.70. The van der Waals surface area contributed by atoms with E-state index in [1.807, 2.05) is 0 Å². The molecule has 0 radical (unpaired) electrons. The van der Waals surface area contributed by atoms with Gasteiger partial charge >= 0.3 is 0 Å². The number of nitrogens with zero attached hydrogens (tertiary/aromatic N) is 2. The van der Waals surface area contributed by atoms with Crippen LogP contribution in [0.1, 0.15) is 37.4 Å². The molecule has 78 valence electrons. The third-order valence-electron chi connectivity index (χ3n) is 2.56. The molecule has 1 heterocycles. The average molecular weight is 215 g/mol. The summed E-state index contributed by atoms with van der Waals surface area (Å²) < 4.78 is 22.2. The molecule has 1 fully saturated rings. The highest BCUT2D eigenvalue weighted by Crippen LogP contribution is 2.31. The molecule has 2 rings (SSSR count). The molecule has 1 aromatic heterocycles. The fourth-order valence-electron chi connectivity index (χ4n) is 1.81. The Morgan fingerprint density at radius 3 is 2.50 bits per heavy atom. The molecule has 1 saturated carbocycles. The molecule has 1 N–H and O–H groups in total. The predicted octanol–water partition coefficient (Wildman–Crippen LogP) is 0.866. The van der Waals surface area contributed by atoms with Gasteiger partial charge in [0, 0.05) is 12.2 Å². The van der Waals surface area contributed by atoms with Crippen LogP contribution in [0, 0.1) is 0 Å². The Kier molecular flexibility index (Phi) is 2.30. The van der Waals surface area contributed by atoms with E-state index >= 15 is 0 Å². The summed E-state index contributed by atoms with van der Waals surface area (Å²) in [6, 6.07) is 0. The summed E-state index contributed by atoms with van der Waals surface area (Å²) in [6.45, 7) is 0. The zero-order valence-corrected chi connectivity index (χ0v) is 8.84. The van der Waals surface area contributed by atoms with Gasteiger partial charge < -0.3 is 0 Å². The van der Waals surface area contributed by atoms with E-state index in [0.717, 1.165) is 24.9 Å². The Morgan fingerprint density at radius 2 is 2.00 bits per heavy atom. The number of hydrogen-bond donors (Lipinski definition) is 1. The lowest BCUT2D eigenvalue weighted by atomic mass is 10.1. The number of hydrogen-bond acceptors (Lipinski definition) is 4. The minimum atomic E-state index is -3.27. The smallest absolute Gasteiger partial charge is 0.262 e. The zero-order chi connectivity index (χ0) is 10.2. The van der Waals surface area contributed by atoms with Crippen molar-refractivity contribution in [1.82, 2.24) is 15.2 Å². The second kappa shape index (κ2) is 3.34. The van der Waals surface area contributed by atoms with Crippen LogP contribution in [-0.2, 0) is 9.84 Å². The topological polar surface area (TPSA) is 75.7 Å². The second-order valence-corrected chi connectivity index (χ2v) is 5.67. The molecule has 0 amide bonds.